The minimum absolute atomic E-state index is 0.0671. The summed E-state index contributed by atoms with van der Waals surface area (Å²) in [6.07, 6.45) is 4.27. The van der Waals surface area contributed by atoms with Crippen LogP contribution in [0, 0.1) is 0 Å². The van der Waals surface area contributed by atoms with Crippen LogP contribution in [-0.4, -0.2) is 33.3 Å². The van der Waals surface area contributed by atoms with Crippen LogP contribution < -0.4 is 5.73 Å². The van der Waals surface area contributed by atoms with Gasteiger partial charge in [-0.05, 0) is 46.2 Å². The SMILES string of the molecule is CCCN(Cc1ccn(C(C)C)n1)C(C)(CC)CN. The number of rotatable bonds is 8. The molecular weight excluding hydrogens is 236 g/mol. The van der Waals surface area contributed by atoms with Gasteiger partial charge in [0.05, 0.1) is 5.69 Å². The molecule has 0 radical (unpaired) electrons. The molecular formula is C15H30N4. The third-order valence-electron chi connectivity index (χ3n) is 4.00. The fourth-order valence-electron chi connectivity index (χ4n) is 2.25. The first-order valence-corrected chi connectivity index (χ1v) is 7.46. The number of hydrogen-bond acceptors (Lipinski definition) is 3. The molecule has 1 aromatic heterocycles. The molecule has 0 amide bonds. The zero-order chi connectivity index (χ0) is 14.5. The number of nitrogens with zero attached hydrogens (tertiary/aromatic N) is 3. The van der Waals surface area contributed by atoms with E-state index in [-0.39, 0.29) is 5.54 Å². The Hall–Kier alpha value is -0.870. The summed E-state index contributed by atoms with van der Waals surface area (Å²) in [5.41, 5.74) is 7.19. The minimum atomic E-state index is 0.0671. The Kier molecular flexibility index (Phi) is 6.01. The van der Waals surface area contributed by atoms with Gasteiger partial charge in [0.1, 0.15) is 0 Å². The highest BCUT2D eigenvalue weighted by atomic mass is 15.3. The van der Waals surface area contributed by atoms with Gasteiger partial charge in [-0.2, -0.15) is 5.10 Å². The van der Waals surface area contributed by atoms with E-state index >= 15 is 0 Å². The lowest BCUT2D eigenvalue weighted by Crippen LogP contribution is -2.51. The monoisotopic (exact) mass is 266 g/mol. The molecule has 0 fully saturated rings. The summed E-state index contributed by atoms with van der Waals surface area (Å²) >= 11 is 0. The number of hydrogen-bond donors (Lipinski definition) is 1. The van der Waals surface area contributed by atoms with E-state index in [2.05, 4.69) is 56.9 Å². The lowest BCUT2D eigenvalue weighted by molar-refractivity contribution is 0.0955. The van der Waals surface area contributed by atoms with Crippen molar-refractivity contribution in [3.63, 3.8) is 0 Å². The van der Waals surface area contributed by atoms with Gasteiger partial charge < -0.3 is 5.73 Å². The van der Waals surface area contributed by atoms with Crippen molar-refractivity contribution in [2.24, 2.45) is 5.73 Å². The standard InChI is InChI=1S/C15H30N4/c1-6-9-18(15(5,7-2)12-16)11-14-8-10-19(17-14)13(3)4/h8,10,13H,6-7,9,11-12,16H2,1-5H3. The molecule has 0 aliphatic rings. The molecule has 19 heavy (non-hydrogen) atoms. The first-order chi connectivity index (χ1) is 8.96. The van der Waals surface area contributed by atoms with E-state index in [1.54, 1.807) is 0 Å². The maximum atomic E-state index is 5.99. The Morgan fingerprint density at radius 3 is 2.53 bits per heavy atom. The maximum absolute atomic E-state index is 5.99. The highest BCUT2D eigenvalue weighted by Gasteiger charge is 2.28. The summed E-state index contributed by atoms with van der Waals surface area (Å²) in [6.45, 7) is 13.6. The van der Waals surface area contributed by atoms with Crippen LogP contribution in [0.25, 0.3) is 0 Å². The van der Waals surface area contributed by atoms with E-state index in [0.29, 0.717) is 12.6 Å². The summed E-state index contributed by atoms with van der Waals surface area (Å²) in [5, 5.41) is 4.65. The Bertz CT molecular complexity index is 366. The van der Waals surface area contributed by atoms with Gasteiger partial charge in [0.25, 0.3) is 0 Å². The summed E-state index contributed by atoms with van der Waals surface area (Å²) in [5.74, 6) is 0. The smallest absolute Gasteiger partial charge is 0.0765 e. The van der Waals surface area contributed by atoms with Crippen molar-refractivity contribution in [3.8, 4) is 0 Å². The Morgan fingerprint density at radius 1 is 1.42 bits per heavy atom. The van der Waals surface area contributed by atoms with E-state index in [9.17, 15) is 0 Å². The van der Waals surface area contributed by atoms with Gasteiger partial charge >= 0.3 is 0 Å². The average molecular weight is 266 g/mol. The largest absolute Gasteiger partial charge is 0.329 e. The summed E-state index contributed by atoms with van der Waals surface area (Å²) < 4.78 is 2.02. The summed E-state index contributed by atoms with van der Waals surface area (Å²) in [7, 11) is 0. The lowest BCUT2D eigenvalue weighted by atomic mass is 9.96. The molecule has 110 valence electrons. The molecule has 2 N–H and O–H groups in total. The second kappa shape index (κ2) is 7.06. The number of aromatic nitrogens is 2. The van der Waals surface area contributed by atoms with Crippen molar-refractivity contribution in [2.45, 2.75) is 65.6 Å². The van der Waals surface area contributed by atoms with Crippen molar-refractivity contribution >= 4 is 0 Å². The van der Waals surface area contributed by atoms with Crippen LogP contribution in [0.15, 0.2) is 12.3 Å². The van der Waals surface area contributed by atoms with Gasteiger partial charge in [0, 0.05) is 30.9 Å². The zero-order valence-corrected chi connectivity index (χ0v) is 13.2. The molecule has 4 nitrogen and oxygen atoms in total. The predicted molar refractivity (Wildman–Crippen MR) is 81.1 cm³/mol. The second-order valence-electron chi connectivity index (χ2n) is 5.86. The molecule has 4 heteroatoms. The van der Waals surface area contributed by atoms with Crippen molar-refractivity contribution in [3.05, 3.63) is 18.0 Å². The third kappa shape index (κ3) is 4.05. The van der Waals surface area contributed by atoms with E-state index < -0.39 is 0 Å². The average Bonchev–Trinajstić information content (AvgIpc) is 2.86. The first-order valence-electron chi connectivity index (χ1n) is 7.46. The molecule has 0 saturated heterocycles. The van der Waals surface area contributed by atoms with Crippen molar-refractivity contribution in [1.82, 2.24) is 14.7 Å². The van der Waals surface area contributed by atoms with Crippen LogP contribution in [-0.2, 0) is 6.54 Å². The quantitative estimate of drug-likeness (QED) is 0.787. The molecule has 1 unspecified atom stereocenters. The highest BCUT2D eigenvalue weighted by Crippen LogP contribution is 2.21. The fourth-order valence-corrected chi connectivity index (χ4v) is 2.25. The molecule has 0 aliphatic heterocycles. The van der Waals surface area contributed by atoms with Gasteiger partial charge in [-0.15, -0.1) is 0 Å². The molecule has 0 bridgehead atoms. The molecule has 0 aliphatic carbocycles. The van der Waals surface area contributed by atoms with Gasteiger partial charge in [-0.3, -0.25) is 9.58 Å². The van der Waals surface area contributed by atoms with Crippen molar-refractivity contribution < 1.29 is 0 Å². The van der Waals surface area contributed by atoms with E-state index in [4.69, 9.17) is 5.73 Å². The Labute approximate surface area is 118 Å². The molecule has 1 aromatic rings. The first kappa shape index (κ1) is 16.2. The Balaban J connectivity index is 2.82. The topological polar surface area (TPSA) is 47.1 Å². The molecule has 0 saturated carbocycles. The predicted octanol–water partition coefficient (Wildman–Crippen LogP) is 2.80. The van der Waals surface area contributed by atoms with E-state index in [1.807, 2.05) is 4.68 Å². The zero-order valence-electron chi connectivity index (χ0n) is 13.2. The molecule has 1 atom stereocenters. The van der Waals surface area contributed by atoms with Crippen LogP contribution in [0.2, 0.25) is 0 Å². The number of nitrogens with two attached hydrogens (primary N) is 1. The fraction of sp³-hybridized carbons (Fsp3) is 0.800. The van der Waals surface area contributed by atoms with Gasteiger partial charge in [-0.25, -0.2) is 0 Å². The van der Waals surface area contributed by atoms with E-state index in [1.165, 1.54) is 0 Å². The van der Waals surface area contributed by atoms with Crippen molar-refractivity contribution in [2.75, 3.05) is 13.1 Å². The lowest BCUT2D eigenvalue weighted by Gasteiger charge is -2.39. The van der Waals surface area contributed by atoms with Gasteiger partial charge in [0.2, 0.25) is 0 Å². The van der Waals surface area contributed by atoms with Crippen LogP contribution >= 0.6 is 0 Å². The third-order valence-corrected chi connectivity index (χ3v) is 4.00. The molecule has 1 heterocycles. The summed E-state index contributed by atoms with van der Waals surface area (Å²) in [4.78, 5) is 2.47. The molecule has 0 spiro atoms. The van der Waals surface area contributed by atoms with Crippen LogP contribution in [0.4, 0.5) is 0 Å². The highest BCUT2D eigenvalue weighted by molar-refractivity contribution is 5.01. The molecule has 0 aromatic carbocycles. The van der Waals surface area contributed by atoms with Crippen LogP contribution in [0.1, 0.15) is 59.2 Å². The minimum Gasteiger partial charge on any atom is -0.329 e. The summed E-state index contributed by atoms with van der Waals surface area (Å²) in [6, 6.07) is 2.54. The Morgan fingerprint density at radius 2 is 2.11 bits per heavy atom. The van der Waals surface area contributed by atoms with E-state index in [0.717, 1.165) is 31.6 Å². The van der Waals surface area contributed by atoms with Gasteiger partial charge in [0.15, 0.2) is 0 Å². The van der Waals surface area contributed by atoms with Crippen LogP contribution in [0.3, 0.4) is 0 Å². The molecule has 1 rings (SSSR count). The normalized spacial score (nSPS) is 15.2. The van der Waals surface area contributed by atoms with Crippen molar-refractivity contribution in [1.29, 1.82) is 0 Å². The van der Waals surface area contributed by atoms with Gasteiger partial charge in [-0.1, -0.05) is 13.8 Å². The van der Waals surface area contributed by atoms with Crippen LogP contribution in [0.5, 0.6) is 0 Å². The maximum Gasteiger partial charge on any atom is 0.0765 e. The second-order valence-corrected chi connectivity index (χ2v) is 5.86.